The Morgan fingerprint density at radius 2 is 1.75 bits per heavy atom. The monoisotopic (exact) mass is 440 g/mol. The zero-order chi connectivity index (χ0) is 22.2. The summed E-state index contributed by atoms with van der Waals surface area (Å²) >= 11 is 1.58. The number of nitrogens with zero attached hydrogens (tertiary/aromatic N) is 5. The van der Waals surface area contributed by atoms with Crippen LogP contribution in [0.2, 0.25) is 0 Å². The van der Waals surface area contributed by atoms with Gasteiger partial charge < -0.3 is 5.32 Å². The van der Waals surface area contributed by atoms with Crippen LogP contribution in [0, 0.1) is 27.7 Å². The van der Waals surface area contributed by atoms with Crippen molar-refractivity contribution >= 4 is 28.1 Å². The molecule has 0 aliphatic carbocycles. The third-order valence-corrected chi connectivity index (χ3v) is 6.34. The van der Waals surface area contributed by atoms with Gasteiger partial charge >= 0.3 is 0 Å². The van der Waals surface area contributed by atoms with Gasteiger partial charge in [0.25, 0.3) is 0 Å². The van der Waals surface area contributed by atoms with E-state index in [1.165, 1.54) is 16.7 Å². The SMILES string of the molecule is Cc1ccc(-c2csc3nc(Nc4nc(C)nc(C)c4Cc4ccccc4)nn23)c(C)c1. The number of nitrogens with one attached hydrogen (secondary N) is 1. The smallest absolute Gasteiger partial charge is 0.249 e. The van der Waals surface area contributed by atoms with Crippen LogP contribution >= 0.6 is 11.3 Å². The highest BCUT2D eigenvalue weighted by Crippen LogP contribution is 2.30. The van der Waals surface area contributed by atoms with Crippen molar-refractivity contribution in [3.63, 3.8) is 0 Å². The highest BCUT2D eigenvalue weighted by atomic mass is 32.1. The lowest BCUT2D eigenvalue weighted by Gasteiger charge is -2.12. The zero-order valence-corrected chi connectivity index (χ0v) is 19.4. The summed E-state index contributed by atoms with van der Waals surface area (Å²) in [5, 5.41) is 10.2. The molecule has 0 amide bonds. The van der Waals surface area contributed by atoms with E-state index in [9.17, 15) is 0 Å². The summed E-state index contributed by atoms with van der Waals surface area (Å²) < 4.78 is 1.91. The van der Waals surface area contributed by atoms with Gasteiger partial charge in [-0.15, -0.1) is 16.4 Å². The Bertz CT molecular complexity index is 1420. The fourth-order valence-electron chi connectivity index (χ4n) is 3.98. The molecule has 0 aliphatic rings. The first kappa shape index (κ1) is 20.3. The first-order valence-electron chi connectivity index (χ1n) is 10.5. The quantitative estimate of drug-likeness (QED) is 0.373. The first-order chi connectivity index (χ1) is 15.5. The Balaban J connectivity index is 1.52. The second-order valence-corrected chi connectivity index (χ2v) is 8.88. The van der Waals surface area contributed by atoms with E-state index < -0.39 is 0 Å². The van der Waals surface area contributed by atoms with Crippen LogP contribution in [0.25, 0.3) is 16.2 Å². The van der Waals surface area contributed by atoms with Gasteiger partial charge in [0.15, 0.2) is 0 Å². The van der Waals surface area contributed by atoms with E-state index >= 15 is 0 Å². The van der Waals surface area contributed by atoms with E-state index in [2.05, 4.69) is 64.8 Å². The number of hydrogen-bond acceptors (Lipinski definition) is 6. The minimum atomic E-state index is 0.537. The maximum absolute atomic E-state index is 4.76. The highest BCUT2D eigenvalue weighted by molar-refractivity contribution is 7.15. The summed E-state index contributed by atoms with van der Waals surface area (Å²) in [4.78, 5) is 14.8. The molecule has 0 unspecified atom stereocenters. The molecule has 0 fully saturated rings. The van der Waals surface area contributed by atoms with E-state index in [-0.39, 0.29) is 0 Å². The molecule has 160 valence electrons. The Labute approximate surface area is 191 Å². The lowest BCUT2D eigenvalue weighted by atomic mass is 10.0. The largest absolute Gasteiger partial charge is 0.307 e. The summed E-state index contributed by atoms with van der Waals surface area (Å²) in [6, 6.07) is 16.8. The molecular formula is C25H24N6S. The van der Waals surface area contributed by atoms with Gasteiger partial charge in [-0.25, -0.2) is 14.5 Å². The summed E-state index contributed by atoms with van der Waals surface area (Å²) in [7, 11) is 0. The van der Waals surface area contributed by atoms with Crippen molar-refractivity contribution in [3.8, 4) is 11.3 Å². The number of anilines is 2. The van der Waals surface area contributed by atoms with Crippen molar-refractivity contribution in [1.29, 1.82) is 0 Å². The first-order valence-corrected chi connectivity index (χ1v) is 11.4. The molecule has 0 spiro atoms. The molecule has 0 atom stereocenters. The maximum Gasteiger partial charge on any atom is 0.249 e. The number of aryl methyl sites for hydroxylation is 4. The Kier molecular flexibility index (Phi) is 5.19. The molecule has 7 heteroatoms. The average Bonchev–Trinajstić information content (AvgIpc) is 3.32. The number of aromatic nitrogens is 5. The minimum absolute atomic E-state index is 0.537. The molecule has 0 saturated carbocycles. The lowest BCUT2D eigenvalue weighted by molar-refractivity contribution is 0.952. The molecule has 3 aromatic heterocycles. The van der Waals surface area contributed by atoms with Gasteiger partial charge in [0, 0.05) is 28.6 Å². The number of benzene rings is 2. The lowest BCUT2D eigenvalue weighted by Crippen LogP contribution is -2.07. The zero-order valence-electron chi connectivity index (χ0n) is 18.5. The van der Waals surface area contributed by atoms with Gasteiger partial charge in [-0.05, 0) is 38.8 Å². The van der Waals surface area contributed by atoms with Gasteiger partial charge in [-0.1, -0.05) is 54.1 Å². The second kappa shape index (κ2) is 8.16. The van der Waals surface area contributed by atoms with Crippen molar-refractivity contribution in [3.05, 3.63) is 87.7 Å². The van der Waals surface area contributed by atoms with Crippen LogP contribution in [0.1, 0.15) is 33.8 Å². The fourth-order valence-corrected chi connectivity index (χ4v) is 4.80. The molecule has 0 bridgehead atoms. The van der Waals surface area contributed by atoms with Crippen LogP contribution in [0.15, 0.2) is 53.9 Å². The average molecular weight is 441 g/mol. The molecule has 1 N–H and O–H groups in total. The van der Waals surface area contributed by atoms with E-state index in [0.29, 0.717) is 5.95 Å². The molecule has 0 aliphatic heterocycles. The topological polar surface area (TPSA) is 68.0 Å². The van der Waals surface area contributed by atoms with Crippen LogP contribution in [0.4, 0.5) is 11.8 Å². The van der Waals surface area contributed by atoms with Crippen LogP contribution in [0.5, 0.6) is 0 Å². The van der Waals surface area contributed by atoms with Crippen molar-refractivity contribution < 1.29 is 0 Å². The number of rotatable bonds is 5. The van der Waals surface area contributed by atoms with E-state index in [4.69, 9.17) is 10.1 Å². The van der Waals surface area contributed by atoms with Gasteiger partial charge in [-0.2, -0.15) is 4.98 Å². The van der Waals surface area contributed by atoms with Gasteiger partial charge in [0.1, 0.15) is 11.6 Å². The molecule has 6 nitrogen and oxygen atoms in total. The fraction of sp³-hybridized carbons (Fsp3) is 0.200. The predicted molar refractivity (Wildman–Crippen MR) is 130 cm³/mol. The van der Waals surface area contributed by atoms with Gasteiger partial charge in [0.2, 0.25) is 10.9 Å². The molecule has 2 aromatic carbocycles. The summed E-state index contributed by atoms with van der Waals surface area (Å²) in [5.74, 6) is 2.01. The molecule has 5 aromatic rings. The predicted octanol–water partition coefficient (Wildman–Crippen LogP) is 5.82. The molecule has 0 radical (unpaired) electrons. The van der Waals surface area contributed by atoms with E-state index in [1.54, 1.807) is 11.3 Å². The molecule has 0 saturated heterocycles. The third-order valence-electron chi connectivity index (χ3n) is 5.52. The van der Waals surface area contributed by atoms with Crippen LogP contribution in [0.3, 0.4) is 0 Å². The van der Waals surface area contributed by atoms with Gasteiger partial charge in [-0.3, -0.25) is 0 Å². The summed E-state index contributed by atoms with van der Waals surface area (Å²) in [5.41, 5.74) is 7.90. The number of hydrogen-bond donors (Lipinski definition) is 1. The van der Waals surface area contributed by atoms with Crippen LogP contribution in [-0.2, 0) is 6.42 Å². The van der Waals surface area contributed by atoms with Crippen LogP contribution < -0.4 is 5.32 Å². The van der Waals surface area contributed by atoms with Crippen molar-refractivity contribution in [1.82, 2.24) is 24.6 Å². The van der Waals surface area contributed by atoms with E-state index in [1.807, 2.05) is 36.6 Å². The van der Waals surface area contributed by atoms with Crippen molar-refractivity contribution in [2.24, 2.45) is 0 Å². The summed E-state index contributed by atoms with van der Waals surface area (Å²) in [6.07, 6.45) is 0.741. The Morgan fingerprint density at radius 3 is 2.53 bits per heavy atom. The van der Waals surface area contributed by atoms with E-state index in [0.717, 1.165) is 45.5 Å². The van der Waals surface area contributed by atoms with Crippen molar-refractivity contribution in [2.45, 2.75) is 34.1 Å². The van der Waals surface area contributed by atoms with Crippen LogP contribution in [-0.4, -0.2) is 24.6 Å². The molecule has 32 heavy (non-hydrogen) atoms. The number of fused-ring (bicyclic) bond motifs is 1. The summed E-state index contributed by atoms with van der Waals surface area (Å²) in [6.45, 7) is 8.16. The third kappa shape index (κ3) is 3.87. The maximum atomic E-state index is 4.76. The number of thiazole rings is 1. The Hall–Kier alpha value is -3.58. The highest BCUT2D eigenvalue weighted by Gasteiger charge is 2.16. The van der Waals surface area contributed by atoms with Crippen molar-refractivity contribution in [2.75, 3.05) is 5.32 Å². The standard InChI is InChI=1S/C25H24N6S/c1-15-10-11-20(16(2)12-15)22-14-32-25-29-24(30-31(22)25)28-23-21(17(3)26-18(4)27-23)13-19-8-6-5-7-9-19/h5-12,14H,13H2,1-4H3,(H,26,27,28,30). The van der Waals surface area contributed by atoms with Gasteiger partial charge in [0.05, 0.1) is 5.69 Å². The molecular weight excluding hydrogens is 416 g/mol. The Morgan fingerprint density at radius 1 is 0.938 bits per heavy atom. The normalized spacial score (nSPS) is 11.2. The molecule has 5 rings (SSSR count). The minimum Gasteiger partial charge on any atom is -0.307 e. The second-order valence-electron chi connectivity index (χ2n) is 8.04. The molecule has 3 heterocycles.